The van der Waals surface area contributed by atoms with Crippen molar-refractivity contribution in [3.63, 3.8) is 0 Å². The predicted octanol–water partition coefficient (Wildman–Crippen LogP) is 3.12. The number of fused-ring (bicyclic) bond motifs is 3. The fourth-order valence-corrected chi connectivity index (χ4v) is 4.05. The number of carbonyl (C=O) groups is 2. The van der Waals surface area contributed by atoms with Gasteiger partial charge in [-0.15, -0.1) is 11.3 Å². The van der Waals surface area contributed by atoms with E-state index in [2.05, 4.69) is 33.6 Å². The molecular weight excluding hydrogens is 348 g/mol. The molecule has 0 unspecified atom stereocenters. The van der Waals surface area contributed by atoms with E-state index in [1.807, 2.05) is 6.07 Å². The first-order valence-corrected chi connectivity index (χ1v) is 9.59. The van der Waals surface area contributed by atoms with Crippen LogP contribution in [0, 0.1) is 5.92 Å². The van der Waals surface area contributed by atoms with E-state index in [9.17, 15) is 9.59 Å². The topological polar surface area (TPSA) is 86.9 Å². The van der Waals surface area contributed by atoms with Gasteiger partial charge in [0.05, 0.1) is 17.6 Å². The number of aryl methyl sites for hydroxylation is 1. The van der Waals surface area contributed by atoms with E-state index in [4.69, 9.17) is 0 Å². The van der Waals surface area contributed by atoms with Crippen LogP contribution in [0.15, 0.2) is 29.8 Å². The van der Waals surface area contributed by atoms with Crippen LogP contribution in [0.4, 0.5) is 5.13 Å². The summed E-state index contributed by atoms with van der Waals surface area (Å²) in [6.07, 6.45) is 4.84. The summed E-state index contributed by atoms with van der Waals surface area (Å²) in [6, 6.07) is 5.76. The summed E-state index contributed by atoms with van der Waals surface area (Å²) in [5.74, 6) is 0.116. The molecule has 6 nitrogen and oxygen atoms in total. The molecule has 2 aromatic heterocycles. The van der Waals surface area contributed by atoms with Crippen LogP contribution in [0.2, 0.25) is 0 Å². The number of nitrogens with one attached hydrogen (secondary N) is 3. The van der Waals surface area contributed by atoms with Crippen molar-refractivity contribution in [3.05, 3.63) is 46.6 Å². The van der Waals surface area contributed by atoms with Gasteiger partial charge in [-0.3, -0.25) is 9.59 Å². The summed E-state index contributed by atoms with van der Waals surface area (Å²) in [7, 11) is 0. The Hall–Kier alpha value is -2.67. The molecule has 1 atom stereocenters. The van der Waals surface area contributed by atoms with Crippen LogP contribution in [0.3, 0.4) is 0 Å². The highest BCUT2D eigenvalue weighted by molar-refractivity contribution is 7.13. The first kappa shape index (κ1) is 16.8. The summed E-state index contributed by atoms with van der Waals surface area (Å²) >= 11 is 1.34. The number of aromatic nitrogens is 2. The largest absolute Gasteiger partial charge is 0.358 e. The summed E-state index contributed by atoms with van der Waals surface area (Å²) in [5.41, 5.74) is 4.01. The van der Waals surface area contributed by atoms with Crippen molar-refractivity contribution in [2.24, 2.45) is 5.92 Å². The fraction of sp³-hybridized carbons (Fsp3) is 0.316. The second kappa shape index (κ2) is 6.92. The standard InChI is InChI=1S/C19H20N4O2S/c1-11-5-6-15-14(9-11)12-3-2-4-13(17(12)22-15)18(25)21-10-16(24)23-19-20-7-8-26-19/h2-4,7-8,11,22H,5-6,9-10H2,1H3,(H,21,25)(H,20,23,24)/t11-/m0/s1. The van der Waals surface area contributed by atoms with Crippen molar-refractivity contribution in [2.45, 2.75) is 26.2 Å². The van der Waals surface area contributed by atoms with Crippen molar-refractivity contribution >= 4 is 39.2 Å². The molecule has 0 fully saturated rings. The maximum atomic E-state index is 12.6. The van der Waals surface area contributed by atoms with E-state index >= 15 is 0 Å². The Balaban J connectivity index is 1.51. The highest BCUT2D eigenvalue weighted by atomic mass is 32.1. The summed E-state index contributed by atoms with van der Waals surface area (Å²) in [4.78, 5) is 32.0. The summed E-state index contributed by atoms with van der Waals surface area (Å²) < 4.78 is 0. The molecule has 0 aliphatic heterocycles. The monoisotopic (exact) mass is 368 g/mol. The third-order valence-electron chi connectivity index (χ3n) is 4.80. The third-order valence-corrected chi connectivity index (χ3v) is 5.49. The van der Waals surface area contributed by atoms with E-state index < -0.39 is 0 Å². The lowest BCUT2D eigenvalue weighted by molar-refractivity contribution is -0.115. The minimum absolute atomic E-state index is 0.0910. The van der Waals surface area contributed by atoms with Gasteiger partial charge in [-0.05, 0) is 36.8 Å². The second-order valence-electron chi connectivity index (χ2n) is 6.73. The number of carbonyl (C=O) groups excluding carboxylic acids is 2. The van der Waals surface area contributed by atoms with Crippen molar-refractivity contribution in [3.8, 4) is 0 Å². The lowest BCUT2D eigenvalue weighted by Gasteiger charge is -2.17. The average Bonchev–Trinajstić information content (AvgIpc) is 3.26. The molecule has 1 aromatic carbocycles. The highest BCUT2D eigenvalue weighted by Gasteiger charge is 2.22. The van der Waals surface area contributed by atoms with Gasteiger partial charge in [0.25, 0.3) is 5.91 Å². The zero-order chi connectivity index (χ0) is 18.1. The molecule has 1 aliphatic carbocycles. The number of benzene rings is 1. The van der Waals surface area contributed by atoms with Crippen LogP contribution in [0.1, 0.15) is 35.0 Å². The Bertz CT molecular complexity index is 961. The molecule has 0 bridgehead atoms. The predicted molar refractivity (Wildman–Crippen MR) is 103 cm³/mol. The van der Waals surface area contributed by atoms with Crippen LogP contribution in [0.5, 0.6) is 0 Å². The third kappa shape index (κ3) is 3.22. The normalized spacial score (nSPS) is 16.3. The smallest absolute Gasteiger partial charge is 0.253 e. The Morgan fingerprint density at radius 3 is 3.08 bits per heavy atom. The Kier molecular flexibility index (Phi) is 4.46. The number of para-hydroxylation sites is 1. The van der Waals surface area contributed by atoms with Gasteiger partial charge >= 0.3 is 0 Å². The van der Waals surface area contributed by atoms with E-state index in [1.54, 1.807) is 17.6 Å². The number of rotatable bonds is 4. The first-order chi connectivity index (χ1) is 12.6. The van der Waals surface area contributed by atoms with Gasteiger partial charge in [-0.1, -0.05) is 19.1 Å². The zero-order valence-electron chi connectivity index (χ0n) is 14.5. The van der Waals surface area contributed by atoms with E-state index in [-0.39, 0.29) is 18.4 Å². The molecular formula is C19H20N4O2S. The lowest BCUT2D eigenvalue weighted by Crippen LogP contribution is -2.32. The fourth-order valence-electron chi connectivity index (χ4n) is 3.51. The molecule has 3 aromatic rings. The molecule has 0 saturated heterocycles. The van der Waals surface area contributed by atoms with Crippen molar-refractivity contribution in [1.29, 1.82) is 0 Å². The number of amides is 2. The van der Waals surface area contributed by atoms with Gasteiger partial charge in [0.1, 0.15) is 0 Å². The molecule has 0 saturated carbocycles. The van der Waals surface area contributed by atoms with Crippen LogP contribution < -0.4 is 10.6 Å². The maximum absolute atomic E-state index is 12.6. The molecule has 4 rings (SSSR count). The molecule has 2 heterocycles. The number of thiazole rings is 1. The van der Waals surface area contributed by atoms with E-state index in [0.717, 1.165) is 30.2 Å². The van der Waals surface area contributed by atoms with Crippen molar-refractivity contribution in [2.75, 3.05) is 11.9 Å². The highest BCUT2D eigenvalue weighted by Crippen LogP contribution is 2.32. The second-order valence-corrected chi connectivity index (χ2v) is 7.62. The minimum Gasteiger partial charge on any atom is -0.358 e. The molecule has 0 spiro atoms. The van der Waals surface area contributed by atoms with Gasteiger partial charge in [0, 0.05) is 22.7 Å². The Morgan fingerprint density at radius 1 is 1.38 bits per heavy atom. The van der Waals surface area contributed by atoms with Gasteiger partial charge in [-0.2, -0.15) is 0 Å². The Labute approximate surface area is 155 Å². The summed E-state index contributed by atoms with van der Waals surface area (Å²) in [5, 5.41) is 8.78. The number of H-pyrrole nitrogens is 1. The first-order valence-electron chi connectivity index (χ1n) is 8.72. The van der Waals surface area contributed by atoms with Crippen LogP contribution in [0.25, 0.3) is 10.9 Å². The number of hydrogen-bond donors (Lipinski definition) is 3. The SMILES string of the molecule is C[C@H]1CCc2[nH]c3c(C(=O)NCC(=O)Nc4nccs4)cccc3c2C1. The molecule has 0 radical (unpaired) electrons. The van der Waals surface area contributed by atoms with Crippen molar-refractivity contribution < 1.29 is 9.59 Å². The van der Waals surface area contributed by atoms with Gasteiger partial charge in [0.15, 0.2) is 5.13 Å². The van der Waals surface area contributed by atoms with Crippen LogP contribution in [-0.4, -0.2) is 28.3 Å². The summed E-state index contributed by atoms with van der Waals surface area (Å²) in [6.45, 7) is 2.17. The van der Waals surface area contributed by atoms with E-state index in [1.165, 1.54) is 22.6 Å². The van der Waals surface area contributed by atoms with Crippen molar-refractivity contribution in [1.82, 2.24) is 15.3 Å². The van der Waals surface area contributed by atoms with Crippen LogP contribution >= 0.6 is 11.3 Å². The maximum Gasteiger partial charge on any atom is 0.253 e. The lowest BCUT2D eigenvalue weighted by atomic mass is 9.87. The molecule has 134 valence electrons. The number of anilines is 1. The molecule has 1 aliphatic rings. The van der Waals surface area contributed by atoms with Gasteiger partial charge in [0.2, 0.25) is 5.91 Å². The average molecular weight is 368 g/mol. The van der Waals surface area contributed by atoms with Gasteiger partial charge < -0.3 is 15.6 Å². The Morgan fingerprint density at radius 2 is 2.27 bits per heavy atom. The van der Waals surface area contributed by atoms with E-state index in [0.29, 0.717) is 16.6 Å². The zero-order valence-corrected chi connectivity index (χ0v) is 15.3. The molecule has 2 amide bonds. The molecule has 26 heavy (non-hydrogen) atoms. The quantitative estimate of drug-likeness (QED) is 0.661. The number of aromatic amines is 1. The number of nitrogens with zero attached hydrogens (tertiary/aromatic N) is 1. The molecule has 3 N–H and O–H groups in total. The molecule has 7 heteroatoms. The van der Waals surface area contributed by atoms with Crippen LogP contribution in [-0.2, 0) is 17.6 Å². The minimum atomic E-state index is -0.292. The number of hydrogen-bond acceptors (Lipinski definition) is 4. The van der Waals surface area contributed by atoms with Gasteiger partial charge in [-0.25, -0.2) is 4.98 Å².